The van der Waals surface area contributed by atoms with Crippen molar-refractivity contribution in [3.8, 4) is 0 Å². The summed E-state index contributed by atoms with van der Waals surface area (Å²) < 4.78 is 10.7. The number of hydrogen-bond donors (Lipinski definition) is 3. The molecule has 0 radical (unpaired) electrons. The van der Waals surface area contributed by atoms with Crippen molar-refractivity contribution in [2.75, 3.05) is 13.2 Å². The van der Waals surface area contributed by atoms with Gasteiger partial charge in [-0.1, -0.05) is 30.3 Å². The third-order valence-corrected chi connectivity index (χ3v) is 3.45. The van der Waals surface area contributed by atoms with E-state index in [0.717, 1.165) is 5.56 Å². The molecular weight excluding hydrogens is 286 g/mol. The molecule has 2 unspecified atom stereocenters. The van der Waals surface area contributed by atoms with Gasteiger partial charge in [-0.05, 0) is 18.9 Å². The first-order valence-corrected chi connectivity index (χ1v) is 7.23. The van der Waals surface area contributed by atoms with Crippen LogP contribution >= 0.6 is 0 Å². The van der Waals surface area contributed by atoms with E-state index in [-0.39, 0.29) is 25.4 Å². The van der Waals surface area contributed by atoms with Gasteiger partial charge in [0.05, 0.1) is 25.3 Å². The van der Waals surface area contributed by atoms with Crippen molar-refractivity contribution in [3.63, 3.8) is 0 Å². The minimum absolute atomic E-state index is 0.161. The molecule has 1 saturated heterocycles. The lowest BCUT2D eigenvalue weighted by molar-refractivity contribution is -0.0701. The molecule has 7 heteroatoms. The minimum Gasteiger partial charge on any atom is -0.445 e. The van der Waals surface area contributed by atoms with Gasteiger partial charge in [0.1, 0.15) is 6.61 Å². The minimum atomic E-state index is -1.27. The summed E-state index contributed by atoms with van der Waals surface area (Å²) in [5.41, 5.74) is 12.1. The van der Waals surface area contributed by atoms with Gasteiger partial charge >= 0.3 is 6.09 Å². The standard InChI is InChI=1S/C15H23N3O4/c1-15(16,17)22-13-7-12(9-19)18(8-13)14(20)21-10-11-5-3-2-4-6-11/h2-6,12-13,19H,7-10,16-17H2,1H3. The van der Waals surface area contributed by atoms with Crippen molar-refractivity contribution in [1.82, 2.24) is 4.90 Å². The van der Waals surface area contributed by atoms with Crippen LogP contribution in [0.3, 0.4) is 0 Å². The summed E-state index contributed by atoms with van der Waals surface area (Å²) in [5, 5.41) is 9.42. The average Bonchev–Trinajstić information content (AvgIpc) is 2.86. The lowest BCUT2D eigenvalue weighted by Crippen LogP contribution is -2.51. The first-order chi connectivity index (χ1) is 10.4. The Balaban J connectivity index is 1.90. The molecule has 0 spiro atoms. The molecule has 0 aromatic heterocycles. The molecule has 5 N–H and O–H groups in total. The van der Waals surface area contributed by atoms with Crippen molar-refractivity contribution in [2.24, 2.45) is 11.5 Å². The zero-order valence-electron chi connectivity index (χ0n) is 12.6. The Kier molecular flexibility index (Phi) is 5.36. The van der Waals surface area contributed by atoms with Crippen LogP contribution in [0.4, 0.5) is 4.79 Å². The molecule has 1 fully saturated rings. The van der Waals surface area contributed by atoms with Gasteiger partial charge in [0.25, 0.3) is 0 Å². The summed E-state index contributed by atoms with van der Waals surface area (Å²) in [6.07, 6.45) is -0.327. The van der Waals surface area contributed by atoms with Gasteiger partial charge in [-0.15, -0.1) is 0 Å². The predicted octanol–water partition coefficient (Wildman–Crippen LogP) is 0.366. The molecular formula is C15H23N3O4. The van der Waals surface area contributed by atoms with E-state index in [1.54, 1.807) is 0 Å². The normalized spacial score (nSPS) is 21.9. The van der Waals surface area contributed by atoms with Crippen LogP contribution in [0.1, 0.15) is 18.9 Å². The molecule has 2 rings (SSSR count). The number of nitrogens with zero attached hydrogens (tertiary/aromatic N) is 1. The van der Waals surface area contributed by atoms with Gasteiger partial charge in [0.15, 0.2) is 5.85 Å². The monoisotopic (exact) mass is 309 g/mol. The summed E-state index contributed by atoms with van der Waals surface area (Å²) in [6, 6.07) is 9.05. The molecule has 1 aromatic rings. The molecule has 7 nitrogen and oxygen atoms in total. The fourth-order valence-electron chi connectivity index (χ4n) is 2.52. The summed E-state index contributed by atoms with van der Waals surface area (Å²) >= 11 is 0. The second kappa shape index (κ2) is 7.06. The highest BCUT2D eigenvalue weighted by Gasteiger charge is 2.38. The molecule has 0 aliphatic carbocycles. The maximum atomic E-state index is 12.2. The molecule has 122 valence electrons. The predicted molar refractivity (Wildman–Crippen MR) is 80.5 cm³/mol. The number of aliphatic hydroxyl groups excluding tert-OH is 1. The average molecular weight is 309 g/mol. The summed E-state index contributed by atoms with van der Waals surface area (Å²) in [4.78, 5) is 13.6. The van der Waals surface area contributed by atoms with Crippen molar-refractivity contribution in [2.45, 2.75) is 37.9 Å². The molecule has 22 heavy (non-hydrogen) atoms. The lowest BCUT2D eigenvalue weighted by Gasteiger charge is -2.24. The Bertz CT molecular complexity index is 489. The second-order valence-corrected chi connectivity index (χ2v) is 5.69. The highest BCUT2D eigenvalue weighted by atomic mass is 16.6. The van der Waals surface area contributed by atoms with Crippen molar-refractivity contribution in [1.29, 1.82) is 0 Å². The molecule has 1 heterocycles. The van der Waals surface area contributed by atoms with Crippen LogP contribution < -0.4 is 11.5 Å². The molecule has 0 saturated carbocycles. The van der Waals surface area contributed by atoms with E-state index >= 15 is 0 Å². The molecule has 2 atom stereocenters. The maximum absolute atomic E-state index is 12.2. The van der Waals surface area contributed by atoms with Crippen molar-refractivity contribution < 1.29 is 19.4 Å². The van der Waals surface area contributed by atoms with E-state index in [2.05, 4.69) is 0 Å². The van der Waals surface area contributed by atoms with Crippen LogP contribution in [-0.4, -0.2) is 47.2 Å². The number of carbonyl (C=O) groups excluding carboxylic acids is 1. The van der Waals surface area contributed by atoms with Crippen molar-refractivity contribution >= 4 is 6.09 Å². The van der Waals surface area contributed by atoms with E-state index in [9.17, 15) is 9.90 Å². The number of ether oxygens (including phenoxy) is 2. The zero-order valence-corrected chi connectivity index (χ0v) is 12.6. The maximum Gasteiger partial charge on any atom is 0.410 e. The van der Waals surface area contributed by atoms with Crippen LogP contribution in [0.25, 0.3) is 0 Å². The van der Waals surface area contributed by atoms with Gasteiger partial charge in [0, 0.05) is 0 Å². The zero-order chi connectivity index (χ0) is 16.2. The van der Waals surface area contributed by atoms with Crippen LogP contribution in [-0.2, 0) is 16.1 Å². The van der Waals surface area contributed by atoms with Crippen molar-refractivity contribution in [3.05, 3.63) is 35.9 Å². The van der Waals surface area contributed by atoms with Gasteiger partial charge in [-0.25, -0.2) is 4.79 Å². The number of hydrogen-bond acceptors (Lipinski definition) is 6. The Morgan fingerprint density at radius 2 is 2.09 bits per heavy atom. The van der Waals surface area contributed by atoms with E-state index in [1.165, 1.54) is 11.8 Å². The number of rotatable bonds is 5. The Morgan fingerprint density at radius 1 is 1.41 bits per heavy atom. The van der Waals surface area contributed by atoms with Gasteiger partial charge in [-0.2, -0.15) is 0 Å². The largest absolute Gasteiger partial charge is 0.445 e. The Hall–Kier alpha value is -1.67. The van der Waals surface area contributed by atoms with Crippen LogP contribution in [0.5, 0.6) is 0 Å². The van der Waals surface area contributed by atoms with Gasteiger partial charge < -0.3 is 19.5 Å². The number of benzene rings is 1. The fraction of sp³-hybridized carbons (Fsp3) is 0.533. The summed E-state index contributed by atoms with van der Waals surface area (Å²) in [7, 11) is 0. The topological polar surface area (TPSA) is 111 Å². The van der Waals surface area contributed by atoms with Gasteiger partial charge in [0.2, 0.25) is 0 Å². The fourth-order valence-corrected chi connectivity index (χ4v) is 2.52. The molecule has 1 aromatic carbocycles. The number of carbonyl (C=O) groups is 1. The van der Waals surface area contributed by atoms with E-state index < -0.39 is 11.9 Å². The summed E-state index contributed by atoms with van der Waals surface area (Å²) in [6.45, 7) is 1.86. The summed E-state index contributed by atoms with van der Waals surface area (Å²) in [5.74, 6) is -1.27. The first-order valence-electron chi connectivity index (χ1n) is 7.23. The number of aliphatic hydroxyl groups is 1. The van der Waals surface area contributed by atoms with E-state index in [0.29, 0.717) is 13.0 Å². The Morgan fingerprint density at radius 3 is 2.68 bits per heavy atom. The second-order valence-electron chi connectivity index (χ2n) is 5.69. The molecule has 0 bridgehead atoms. The smallest absolute Gasteiger partial charge is 0.410 e. The first kappa shape index (κ1) is 16.7. The van der Waals surface area contributed by atoms with E-state index in [4.69, 9.17) is 20.9 Å². The molecule has 1 aliphatic rings. The number of likely N-dealkylation sites (tertiary alicyclic amines) is 1. The van der Waals surface area contributed by atoms with Crippen LogP contribution in [0.15, 0.2) is 30.3 Å². The van der Waals surface area contributed by atoms with Crippen LogP contribution in [0, 0.1) is 0 Å². The molecule has 1 amide bonds. The van der Waals surface area contributed by atoms with E-state index in [1.807, 2.05) is 30.3 Å². The Labute approximate surface area is 129 Å². The van der Waals surface area contributed by atoms with Crippen LogP contribution in [0.2, 0.25) is 0 Å². The molecule has 1 aliphatic heterocycles. The third kappa shape index (κ3) is 4.67. The lowest BCUT2D eigenvalue weighted by atomic mass is 10.2. The van der Waals surface area contributed by atoms with Gasteiger partial charge in [-0.3, -0.25) is 11.5 Å². The number of amides is 1. The SMILES string of the molecule is CC(N)(N)OC1CC(CO)N(C(=O)OCc2ccccc2)C1. The number of nitrogens with two attached hydrogens (primary N) is 2. The quantitative estimate of drug-likeness (QED) is 0.678. The highest BCUT2D eigenvalue weighted by Crippen LogP contribution is 2.23. The highest BCUT2D eigenvalue weighted by molar-refractivity contribution is 5.68. The third-order valence-electron chi connectivity index (χ3n) is 3.45.